The van der Waals surface area contributed by atoms with Crippen LogP contribution >= 0.6 is 23.2 Å². The second kappa shape index (κ2) is 7.61. The van der Waals surface area contributed by atoms with E-state index >= 15 is 0 Å². The van der Waals surface area contributed by atoms with Gasteiger partial charge in [-0.3, -0.25) is 0 Å². The molecule has 1 aromatic rings. The number of nitrogens with one attached hydrogen (secondary N) is 1. The highest BCUT2D eigenvalue weighted by molar-refractivity contribution is 7.89. The average Bonchev–Trinajstić information content (AvgIpc) is 2.37. The number of hydrogen-bond donors (Lipinski definition) is 1. The van der Waals surface area contributed by atoms with Gasteiger partial charge in [0, 0.05) is 30.7 Å². The molecule has 0 spiro atoms. The number of nitrogens with zero attached hydrogens (tertiary/aromatic N) is 1. The van der Waals surface area contributed by atoms with Crippen molar-refractivity contribution in [1.29, 1.82) is 0 Å². The van der Waals surface area contributed by atoms with Crippen molar-refractivity contribution < 1.29 is 8.42 Å². The highest BCUT2D eigenvalue weighted by Crippen LogP contribution is 2.32. The first-order valence-electron chi connectivity index (χ1n) is 6.50. The first-order chi connectivity index (χ1) is 9.71. The van der Waals surface area contributed by atoms with E-state index in [0.29, 0.717) is 17.1 Å². The summed E-state index contributed by atoms with van der Waals surface area (Å²) in [6.07, 6.45) is 0. The SMILES string of the molecule is C=C(C)CN(C)S(=O)(=O)c1ccc(Cl)c(CNCC)c1Cl. The van der Waals surface area contributed by atoms with E-state index in [9.17, 15) is 8.42 Å². The van der Waals surface area contributed by atoms with E-state index in [0.717, 1.165) is 12.1 Å². The molecule has 1 N–H and O–H groups in total. The second-order valence-corrected chi connectivity index (χ2v) is 7.64. The molecule has 4 nitrogen and oxygen atoms in total. The Hall–Kier alpha value is -0.590. The fourth-order valence-corrected chi connectivity index (χ4v) is 3.93. The van der Waals surface area contributed by atoms with Crippen molar-refractivity contribution in [2.45, 2.75) is 25.3 Å². The van der Waals surface area contributed by atoms with E-state index < -0.39 is 10.0 Å². The molecule has 1 aromatic carbocycles. The molecule has 0 unspecified atom stereocenters. The van der Waals surface area contributed by atoms with Gasteiger partial charge in [0.2, 0.25) is 10.0 Å². The summed E-state index contributed by atoms with van der Waals surface area (Å²) in [5.74, 6) is 0. The summed E-state index contributed by atoms with van der Waals surface area (Å²) in [5, 5.41) is 3.71. The van der Waals surface area contributed by atoms with Crippen LogP contribution in [0.3, 0.4) is 0 Å². The maximum absolute atomic E-state index is 12.6. The highest BCUT2D eigenvalue weighted by atomic mass is 35.5. The molecule has 0 fully saturated rings. The Labute approximate surface area is 136 Å². The third-order valence-corrected chi connectivity index (χ3v) is 5.63. The number of hydrogen-bond acceptors (Lipinski definition) is 3. The molecule has 7 heteroatoms. The Bertz CT molecular complexity index is 630. The third-order valence-electron chi connectivity index (χ3n) is 2.88. The van der Waals surface area contributed by atoms with Gasteiger partial charge in [0.25, 0.3) is 0 Å². The maximum atomic E-state index is 12.6. The molecule has 0 saturated heterocycles. The number of halogens is 2. The van der Waals surface area contributed by atoms with Crippen LogP contribution in [0.4, 0.5) is 0 Å². The lowest BCUT2D eigenvalue weighted by atomic mass is 10.2. The van der Waals surface area contributed by atoms with Gasteiger partial charge in [0.15, 0.2) is 0 Å². The smallest absolute Gasteiger partial charge is 0.244 e. The van der Waals surface area contributed by atoms with E-state index in [1.165, 1.54) is 17.4 Å². The molecule has 0 heterocycles. The van der Waals surface area contributed by atoms with Crippen LogP contribution in [-0.2, 0) is 16.6 Å². The van der Waals surface area contributed by atoms with E-state index in [2.05, 4.69) is 11.9 Å². The van der Waals surface area contributed by atoms with Gasteiger partial charge in [0.1, 0.15) is 4.90 Å². The average molecular weight is 351 g/mol. The van der Waals surface area contributed by atoms with Crippen LogP contribution in [0.1, 0.15) is 19.4 Å². The van der Waals surface area contributed by atoms with Crippen LogP contribution < -0.4 is 5.32 Å². The number of likely N-dealkylation sites (N-methyl/N-ethyl adjacent to an activating group) is 1. The summed E-state index contributed by atoms with van der Waals surface area (Å²) in [5.41, 5.74) is 1.34. The van der Waals surface area contributed by atoms with Crippen LogP contribution in [0.2, 0.25) is 10.0 Å². The van der Waals surface area contributed by atoms with Crippen molar-refractivity contribution in [2.24, 2.45) is 0 Å². The zero-order chi connectivity index (χ0) is 16.2. The van der Waals surface area contributed by atoms with Crippen molar-refractivity contribution in [3.8, 4) is 0 Å². The second-order valence-electron chi connectivity index (χ2n) is 4.84. The molecular weight excluding hydrogens is 331 g/mol. The van der Waals surface area contributed by atoms with Crippen LogP contribution in [0.25, 0.3) is 0 Å². The number of sulfonamides is 1. The van der Waals surface area contributed by atoms with Gasteiger partial charge in [-0.15, -0.1) is 0 Å². The normalized spacial score (nSPS) is 11.9. The fourth-order valence-electron chi connectivity index (χ4n) is 1.82. The molecule has 0 saturated carbocycles. The summed E-state index contributed by atoms with van der Waals surface area (Å²) in [7, 11) is -2.18. The Morgan fingerprint density at radius 3 is 2.52 bits per heavy atom. The van der Waals surface area contributed by atoms with Gasteiger partial charge < -0.3 is 5.32 Å². The first kappa shape index (κ1) is 18.5. The van der Waals surface area contributed by atoms with Gasteiger partial charge in [-0.25, -0.2) is 8.42 Å². The molecule has 1 rings (SSSR count). The fraction of sp³-hybridized carbons (Fsp3) is 0.429. The minimum absolute atomic E-state index is 0.0604. The van der Waals surface area contributed by atoms with E-state index in [-0.39, 0.29) is 16.5 Å². The van der Waals surface area contributed by atoms with E-state index in [1.807, 2.05) is 6.92 Å². The maximum Gasteiger partial charge on any atom is 0.244 e. The molecule has 0 bridgehead atoms. The summed E-state index contributed by atoms with van der Waals surface area (Å²) >= 11 is 12.4. The number of rotatable bonds is 7. The summed E-state index contributed by atoms with van der Waals surface area (Å²) < 4.78 is 26.3. The minimum Gasteiger partial charge on any atom is -0.313 e. The molecule has 0 aliphatic rings. The zero-order valence-corrected chi connectivity index (χ0v) is 14.7. The Morgan fingerprint density at radius 2 is 2.00 bits per heavy atom. The lowest BCUT2D eigenvalue weighted by molar-refractivity contribution is 0.493. The Balaban J connectivity index is 3.27. The van der Waals surface area contributed by atoms with Crippen LogP contribution in [-0.4, -0.2) is 32.9 Å². The predicted octanol–water partition coefficient (Wildman–Crippen LogP) is 3.30. The van der Waals surface area contributed by atoms with Gasteiger partial charge in [0.05, 0.1) is 5.02 Å². The summed E-state index contributed by atoms with van der Waals surface area (Å²) in [6, 6.07) is 2.99. The van der Waals surface area contributed by atoms with Gasteiger partial charge in [-0.05, 0) is 25.6 Å². The molecule has 0 atom stereocenters. The summed E-state index contributed by atoms with van der Waals surface area (Å²) in [4.78, 5) is 0.0604. The predicted molar refractivity (Wildman–Crippen MR) is 88.5 cm³/mol. The van der Waals surface area contributed by atoms with Crippen molar-refractivity contribution in [3.05, 3.63) is 39.9 Å². The van der Waals surface area contributed by atoms with Crippen molar-refractivity contribution >= 4 is 33.2 Å². The molecule has 0 aliphatic carbocycles. The quantitative estimate of drug-likeness (QED) is 0.767. The van der Waals surface area contributed by atoms with Crippen molar-refractivity contribution in [3.63, 3.8) is 0 Å². The molecule has 0 radical (unpaired) electrons. The Morgan fingerprint density at radius 1 is 1.38 bits per heavy atom. The molecule has 118 valence electrons. The van der Waals surface area contributed by atoms with Crippen LogP contribution in [0.15, 0.2) is 29.2 Å². The first-order valence-corrected chi connectivity index (χ1v) is 8.69. The molecule has 0 aliphatic heterocycles. The number of benzene rings is 1. The topological polar surface area (TPSA) is 49.4 Å². The lowest BCUT2D eigenvalue weighted by Gasteiger charge is -2.19. The third kappa shape index (κ3) is 4.44. The van der Waals surface area contributed by atoms with Gasteiger partial charge in [-0.2, -0.15) is 4.31 Å². The highest BCUT2D eigenvalue weighted by Gasteiger charge is 2.25. The minimum atomic E-state index is -3.67. The van der Waals surface area contributed by atoms with E-state index in [4.69, 9.17) is 23.2 Å². The summed E-state index contributed by atoms with van der Waals surface area (Å²) in [6.45, 7) is 8.84. The van der Waals surface area contributed by atoms with Crippen molar-refractivity contribution in [1.82, 2.24) is 9.62 Å². The Kier molecular flexibility index (Phi) is 6.69. The van der Waals surface area contributed by atoms with Crippen LogP contribution in [0, 0.1) is 0 Å². The molecular formula is C14H20Cl2N2O2S. The molecule has 0 aromatic heterocycles. The molecule has 0 amide bonds. The van der Waals surface area contributed by atoms with E-state index in [1.54, 1.807) is 13.0 Å². The van der Waals surface area contributed by atoms with Crippen LogP contribution in [0.5, 0.6) is 0 Å². The van der Waals surface area contributed by atoms with Crippen molar-refractivity contribution in [2.75, 3.05) is 20.1 Å². The monoisotopic (exact) mass is 350 g/mol. The lowest BCUT2D eigenvalue weighted by Crippen LogP contribution is -2.29. The van der Waals surface area contributed by atoms with Gasteiger partial charge in [-0.1, -0.05) is 42.3 Å². The zero-order valence-electron chi connectivity index (χ0n) is 12.4. The largest absolute Gasteiger partial charge is 0.313 e. The molecule has 21 heavy (non-hydrogen) atoms. The van der Waals surface area contributed by atoms with Gasteiger partial charge >= 0.3 is 0 Å². The standard InChI is InChI=1S/C14H20Cl2N2O2S/c1-5-17-8-11-12(15)6-7-13(14(11)16)21(19,20)18(4)9-10(2)3/h6-7,17H,2,5,8-9H2,1,3-4H3.